The van der Waals surface area contributed by atoms with Crippen molar-refractivity contribution in [3.05, 3.63) is 0 Å². The summed E-state index contributed by atoms with van der Waals surface area (Å²) in [6.07, 6.45) is -2.30. The molecule has 108 valence electrons. The van der Waals surface area contributed by atoms with E-state index in [9.17, 15) is 18.0 Å². The monoisotopic (exact) mass is 268 g/mol. The molecule has 1 unspecified atom stereocenters. The molecule has 0 aromatic rings. The molecule has 6 heteroatoms. The number of rotatable bonds is 7. The number of carbonyl (C=O) groups is 1. The maximum Gasteiger partial charge on any atom is 0.406 e. The van der Waals surface area contributed by atoms with E-state index < -0.39 is 30.7 Å². The minimum atomic E-state index is -4.38. The standard InChI is InChI=1S/C12H23F3N2O/c1-4-7-10(16)11(18)17(8-12(13,14)15)9(5-2)6-3/h9-10H,4-8,16H2,1-3H3. The van der Waals surface area contributed by atoms with Gasteiger partial charge < -0.3 is 10.6 Å². The maximum absolute atomic E-state index is 12.5. The first-order valence-corrected chi connectivity index (χ1v) is 6.39. The normalized spacial score (nSPS) is 13.8. The molecule has 1 atom stereocenters. The highest BCUT2D eigenvalue weighted by atomic mass is 19.4. The largest absolute Gasteiger partial charge is 0.406 e. The molecular formula is C12H23F3N2O. The molecule has 0 aliphatic rings. The minimum Gasteiger partial charge on any atom is -0.329 e. The van der Waals surface area contributed by atoms with Crippen molar-refractivity contribution in [2.75, 3.05) is 6.54 Å². The molecule has 1 amide bonds. The summed E-state index contributed by atoms with van der Waals surface area (Å²) in [4.78, 5) is 12.9. The second kappa shape index (κ2) is 7.61. The van der Waals surface area contributed by atoms with Crippen LogP contribution in [0, 0.1) is 0 Å². The van der Waals surface area contributed by atoms with Crippen LogP contribution in [0.2, 0.25) is 0 Å². The lowest BCUT2D eigenvalue weighted by Crippen LogP contribution is -2.51. The molecule has 0 saturated heterocycles. The van der Waals surface area contributed by atoms with Crippen LogP contribution in [0.25, 0.3) is 0 Å². The van der Waals surface area contributed by atoms with Crippen LogP contribution in [0.3, 0.4) is 0 Å². The average molecular weight is 268 g/mol. The van der Waals surface area contributed by atoms with Gasteiger partial charge in [-0.25, -0.2) is 0 Å². The summed E-state index contributed by atoms with van der Waals surface area (Å²) in [5, 5.41) is 0. The number of halogens is 3. The summed E-state index contributed by atoms with van der Waals surface area (Å²) in [6.45, 7) is 4.18. The molecule has 0 aliphatic heterocycles. The molecule has 0 heterocycles. The minimum absolute atomic E-state index is 0.401. The molecule has 18 heavy (non-hydrogen) atoms. The van der Waals surface area contributed by atoms with Crippen molar-refractivity contribution in [1.29, 1.82) is 0 Å². The fourth-order valence-electron chi connectivity index (χ4n) is 1.96. The topological polar surface area (TPSA) is 46.3 Å². The summed E-state index contributed by atoms with van der Waals surface area (Å²) in [6, 6.07) is -1.24. The Labute approximate surface area is 107 Å². The Balaban J connectivity index is 4.90. The Bertz CT molecular complexity index is 252. The van der Waals surface area contributed by atoms with E-state index in [2.05, 4.69) is 0 Å². The summed E-state index contributed by atoms with van der Waals surface area (Å²) in [7, 11) is 0. The molecule has 0 spiro atoms. The van der Waals surface area contributed by atoms with Crippen LogP contribution in [0.4, 0.5) is 13.2 Å². The number of hydrogen-bond acceptors (Lipinski definition) is 2. The molecule has 0 rings (SSSR count). The van der Waals surface area contributed by atoms with Gasteiger partial charge in [-0.05, 0) is 19.3 Å². The Morgan fingerprint density at radius 1 is 1.22 bits per heavy atom. The van der Waals surface area contributed by atoms with Crippen molar-refractivity contribution in [2.24, 2.45) is 5.73 Å². The van der Waals surface area contributed by atoms with Crippen molar-refractivity contribution in [3.63, 3.8) is 0 Å². The average Bonchev–Trinajstić information content (AvgIpc) is 2.27. The fraction of sp³-hybridized carbons (Fsp3) is 0.917. The zero-order valence-corrected chi connectivity index (χ0v) is 11.3. The first-order chi connectivity index (χ1) is 8.26. The van der Waals surface area contributed by atoms with E-state index in [1.807, 2.05) is 6.92 Å². The first-order valence-electron chi connectivity index (χ1n) is 6.39. The number of alkyl halides is 3. The molecule has 0 radical (unpaired) electrons. The van der Waals surface area contributed by atoms with Gasteiger partial charge in [0.15, 0.2) is 0 Å². The van der Waals surface area contributed by atoms with Gasteiger partial charge in [-0.2, -0.15) is 13.2 Å². The number of nitrogens with two attached hydrogens (primary N) is 1. The van der Waals surface area contributed by atoms with Gasteiger partial charge in [0, 0.05) is 6.04 Å². The third-order valence-electron chi connectivity index (χ3n) is 2.93. The molecule has 3 nitrogen and oxygen atoms in total. The van der Waals surface area contributed by atoms with Gasteiger partial charge in [0.25, 0.3) is 0 Å². The fourth-order valence-corrected chi connectivity index (χ4v) is 1.96. The maximum atomic E-state index is 12.5. The lowest BCUT2D eigenvalue weighted by Gasteiger charge is -2.33. The lowest BCUT2D eigenvalue weighted by atomic mass is 10.1. The summed E-state index contributed by atoms with van der Waals surface area (Å²) in [5.74, 6) is -0.595. The van der Waals surface area contributed by atoms with Gasteiger partial charge in [0.2, 0.25) is 5.91 Å². The zero-order valence-electron chi connectivity index (χ0n) is 11.3. The van der Waals surface area contributed by atoms with Crippen molar-refractivity contribution < 1.29 is 18.0 Å². The highest BCUT2D eigenvalue weighted by Gasteiger charge is 2.36. The predicted octanol–water partition coefficient (Wildman–Crippen LogP) is 2.69. The Hall–Kier alpha value is -0.780. The quantitative estimate of drug-likeness (QED) is 0.771. The van der Waals surface area contributed by atoms with Gasteiger partial charge in [0.1, 0.15) is 6.54 Å². The van der Waals surface area contributed by atoms with Crippen LogP contribution < -0.4 is 5.73 Å². The molecule has 0 aromatic carbocycles. The van der Waals surface area contributed by atoms with Crippen LogP contribution in [-0.4, -0.2) is 35.6 Å². The second-order valence-corrected chi connectivity index (χ2v) is 4.45. The smallest absolute Gasteiger partial charge is 0.329 e. The Morgan fingerprint density at radius 3 is 2.06 bits per heavy atom. The van der Waals surface area contributed by atoms with E-state index in [0.29, 0.717) is 25.7 Å². The SMILES string of the molecule is CCCC(N)C(=O)N(CC(F)(F)F)C(CC)CC. The number of amides is 1. The number of hydrogen-bond donors (Lipinski definition) is 1. The highest BCUT2D eigenvalue weighted by Crippen LogP contribution is 2.21. The van der Waals surface area contributed by atoms with E-state index in [1.54, 1.807) is 13.8 Å². The van der Waals surface area contributed by atoms with E-state index in [0.717, 1.165) is 4.90 Å². The zero-order chi connectivity index (χ0) is 14.3. The molecule has 0 bridgehead atoms. The molecular weight excluding hydrogens is 245 g/mol. The van der Waals surface area contributed by atoms with Crippen LogP contribution >= 0.6 is 0 Å². The number of carbonyl (C=O) groups excluding carboxylic acids is 1. The third-order valence-corrected chi connectivity index (χ3v) is 2.93. The van der Waals surface area contributed by atoms with Crippen LogP contribution in [0.15, 0.2) is 0 Å². The summed E-state index contributed by atoms with van der Waals surface area (Å²) < 4.78 is 37.5. The van der Waals surface area contributed by atoms with Crippen molar-refractivity contribution in [3.8, 4) is 0 Å². The molecule has 0 aliphatic carbocycles. The van der Waals surface area contributed by atoms with Crippen molar-refractivity contribution in [2.45, 2.75) is 64.7 Å². The van der Waals surface area contributed by atoms with Crippen molar-refractivity contribution in [1.82, 2.24) is 4.90 Å². The second-order valence-electron chi connectivity index (χ2n) is 4.45. The highest BCUT2D eigenvalue weighted by molar-refractivity contribution is 5.82. The molecule has 2 N–H and O–H groups in total. The van der Waals surface area contributed by atoms with E-state index in [4.69, 9.17) is 5.73 Å². The van der Waals surface area contributed by atoms with E-state index in [1.165, 1.54) is 0 Å². The molecule has 0 fully saturated rings. The summed E-state index contributed by atoms with van der Waals surface area (Å²) >= 11 is 0. The lowest BCUT2D eigenvalue weighted by molar-refractivity contribution is -0.167. The van der Waals surface area contributed by atoms with Crippen LogP contribution in [0.5, 0.6) is 0 Å². The van der Waals surface area contributed by atoms with Gasteiger partial charge in [0.05, 0.1) is 6.04 Å². The number of nitrogens with zero attached hydrogens (tertiary/aromatic N) is 1. The van der Waals surface area contributed by atoms with Gasteiger partial charge in [-0.15, -0.1) is 0 Å². The third kappa shape index (κ3) is 5.71. The van der Waals surface area contributed by atoms with Crippen molar-refractivity contribution >= 4 is 5.91 Å². The predicted molar refractivity (Wildman–Crippen MR) is 65.0 cm³/mol. The Morgan fingerprint density at radius 2 is 1.72 bits per heavy atom. The first kappa shape index (κ1) is 17.2. The van der Waals surface area contributed by atoms with Gasteiger partial charge >= 0.3 is 6.18 Å². The van der Waals surface area contributed by atoms with Gasteiger partial charge in [-0.1, -0.05) is 27.2 Å². The van der Waals surface area contributed by atoms with E-state index >= 15 is 0 Å². The van der Waals surface area contributed by atoms with Crippen LogP contribution in [0.1, 0.15) is 46.5 Å². The van der Waals surface area contributed by atoms with E-state index in [-0.39, 0.29) is 0 Å². The van der Waals surface area contributed by atoms with Gasteiger partial charge in [-0.3, -0.25) is 4.79 Å². The summed E-state index contributed by atoms with van der Waals surface area (Å²) in [5.41, 5.74) is 5.64. The van der Waals surface area contributed by atoms with Crippen LogP contribution in [-0.2, 0) is 4.79 Å². The molecule has 0 saturated carbocycles. The Kier molecular flexibility index (Phi) is 7.28. The molecule has 0 aromatic heterocycles.